The van der Waals surface area contributed by atoms with E-state index < -0.39 is 0 Å². The normalized spacial score (nSPS) is 10.1. The first-order valence-corrected chi connectivity index (χ1v) is 9.47. The summed E-state index contributed by atoms with van der Waals surface area (Å²) >= 11 is 0. The number of nitrogens with one attached hydrogen (secondary N) is 1. The molecule has 0 bridgehead atoms. The van der Waals surface area contributed by atoms with Gasteiger partial charge in [0.1, 0.15) is 11.6 Å². The molecule has 1 amide bonds. The van der Waals surface area contributed by atoms with E-state index in [1.807, 2.05) is 6.07 Å². The fraction of sp³-hybridized carbons (Fsp3) is 0.174. The van der Waals surface area contributed by atoms with Gasteiger partial charge in [-0.3, -0.25) is 4.79 Å². The molecular weight excluding hydrogens is 401 g/mol. The molecule has 0 aliphatic carbocycles. The lowest BCUT2D eigenvalue weighted by atomic mass is 10.2. The Morgan fingerprint density at radius 3 is 2.61 bits per heavy atom. The van der Waals surface area contributed by atoms with Crippen molar-refractivity contribution in [3.63, 3.8) is 0 Å². The van der Waals surface area contributed by atoms with Crippen LogP contribution in [0.3, 0.4) is 0 Å². The van der Waals surface area contributed by atoms with Gasteiger partial charge in [0.25, 0.3) is 0 Å². The molecule has 0 unspecified atom stereocenters. The number of rotatable bonds is 9. The van der Waals surface area contributed by atoms with Crippen molar-refractivity contribution in [2.45, 2.75) is 12.8 Å². The molecule has 0 saturated carbocycles. The van der Waals surface area contributed by atoms with Crippen molar-refractivity contribution in [3.8, 4) is 29.2 Å². The molecule has 8 heteroatoms. The maximum Gasteiger partial charge on any atom is 0.224 e. The number of methoxy groups -OCH3 is 1. The first kappa shape index (κ1) is 21.6. The van der Waals surface area contributed by atoms with E-state index in [1.54, 1.807) is 30.3 Å². The minimum Gasteiger partial charge on any atom is -0.493 e. The molecule has 7 nitrogen and oxygen atoms in total. The Morgan fingerprint density at radius 1 is 1.13 bits per heavy atom. The Bertz CT molecular complexity index is 1060. The van der Waals surface area contributed by atoms with Gasteiger partial charge in [-0.05, 0) is 48.9 Å². The zero-order valence-electron chi connectivity index (χ0n) is 16.8. The smallest absolute Gasteiger partial charge is 0.224 e. The Morgan fingerprint density at radius 2 is 1.94 bits per heavy atom. The number of hydrogen-bond donors (Lipinski definition) is 1. The zero-order valence-corrected chi connectivity index (χ0v) is 16.8. The van der Waals surface area contributed by atoms with Crippen LogP contribution in [0.5, 0.6) is 23.1 Å². The maximum absolute atomic E-state index is 12.9. The molecular formula is C23H20FN3O4. The third kappa shape index (κ3) is 6.44. The fourth-order valence-corrected chi connectivity index (χ4v) is 2.63. The van der Waals surface area contributed by atoms with Gasteiger partial charge >= 0.3 is 0 Å². The van der Waals surface area contributed by atoms with Crippen molar-refractivity contribution in [1.82, 2.24) is 4.98 Å². The number of amides is 1. The number of aromatic nitrogens is 1. The number of ether oxygens (including phenoxy) is 3. The summed E-state index contributed by atoms with van der Waals surface area (Å²) in [5.74, 6) is 1.25. The summed E-state index contributed by atoms with van der Waals surface area (Å²) in [4.78, 5) is 16.2. The van der Waals surface area contributed by atoms with E-state index in [9.17, 15) is 9.18 Å². The van der Waals surface area contributed by atoms with Crippen molar-refractivity contribution < 1.29 is 23.4 Å². The third-order valence-corrected chi connectivity index (χ3v) is 4.15. The molecule has 0 spiro atoms. The first-order valence-electron chi connectivity index (χ1n) is 9.47. The molecule has 2 aromatic carbocycles. The lowest BCUT2D eigenvalue weighted by molar-refractivity contribution is -0.116. The van der Waals surface area contributed by atoms with Crippen LogP contribution in [0.2, 0.25) is 0 Å². The number of nitriles is 1. The van der Waals surface area contributed by atoms with Crippen molar-refractivity contribution in [2.24, 2.45) is 0 Å². The summed E-state index contributed by atoms with van der Waals surface area (Å²) in [6.07, 6.45) is 2.23. The van der Waals surface area contributed by atoms with Gasteiger partial charge in [-0.2, -0.15) is 5.26 Å². The molecule has 3 aromatic rings. The number of benzene rings is 2. The molecule has 3 rings (SSSR count). The number of carbonyl (C=O) groups is 1. The van der Waals surface area contributed by atoms with Gasteiger partial charge < -0.3 is 19.5 Å². The predicted octanol–water partition coefficient (Wildman–Crippen LogP) is 4.69. The largest absolute Gasteiger partial charge is 0.493 e. The van der Waals surface area contributed by atoms with Crippen LogP contribution in [-0.2, 0) is 4.79 Å². The van der Waals surface area contributed by atoms with Gasteiger partial charge in [0.15, 0.2) is 11.5 Å². The number of carbonyl (C=O) groups excluding carboxylic acids is 1. The highest BCUT2D eigenvalue weighted by Crippen LogP contribution is 2.28. The molecule has 0 fully saturated rings. The second-order valence-corrected chi connectivity index (χ2v) is 6.42. The Hall–Kier alpha value is -4.12. The fourth-order valence-electron chi connectivity index (χ4n) is 2.63. The van der Waals surface area contributed by atoms with E-state index in [4.69, 9.17) is 19.5 Å². The van der Waals surface area contributed by atoms with E-state index in [-0.39, 0.29) is 18.1 Å². The van der Waals surface area contributed by atoms with E-state index in [1.165, 1.54) is 37.6 Å². The average Bonchev–Trinajstić information content (AvgIpc) is 2.79. The van der Waals surface area contributed by atoms with Crippen molar-refractivity contribution in [1.29, 1.82) is 5.26 Å². The Labute approximate surface area is 179 Å². The molecule has 0 atom stereocenters. The topological polar surface area (TPSA) is 93.5 Å². The molecule has 0 aliphatic rings. The summed E-state index contributed by atoms with van der Waals surface area (Å²) in [6, 6.07) is 15.8. The maximum atomic E-state index is 12.9. The van der Waals surface area contributed by atoms with Crippen LogP contribution in [-0.4, -0.2) is 24.6 Å². The van der Waals surface area contributed by atoms with Crippen LogP contribution >= 0.6 is 0 Å². The number of anilines is 1. The molecule has 31 heavy (non-hydrogen) atoms. The number of nitrogens with zero attached hydrogens (tertiary/aromatic N) is 2. The molecule has 1 aromatic heterocycles. The van der Waals surface area contributed by atoms with Gasteiger partial charge in [0.05, 0.1) is 37.2 Å². The minimum atomic E-state index is -0.347. The second kappa shape index (κ2) is 10.6. The summed E-state index contributed by atoms with van der Waals surface area (Å²) < 4.78 is 29.3. The van der Waals surface area contributed by atoms with Crippen LogP contribution in [0.1, 0.15) is 18.4 Å². The van der Waals surface area contributed by atoms with Crippen LogP contribution in [0.25, 0.3) is 0 Å². The summed E-state index contributed by atoms with van der Waals surface area (Å²) in [5, 5.41) is 11.7. The monoisotopic (exact) mass is 421 g/mol. The second-order valence-electron chi connectivity index (χ2n) is 6.42. The number of pyridine rings is 1. The highest BCUT2D eigenvalue weighted by Gasteiger charge is 2.08. The minimum absolute atomic E-state index is 0.176. The first-order chi connectivity index (χ1) is 15.1. The predicted molar refractivity (Wildman–Crippen MR) is 112 cm³/mol. The van der Waals surface area contributed by atoms with Crippen molar-refractivity contribution >= 4 is 11.6 Å². The van der Waals surface area contributed by atoms with E-state index in [0.717, 1.165) is 0 Å². The van der Waals surface area contributed by atoms with Crippen LogP contribution in [0, 0.1) is 17.1 Å². The molecule has 0 saturated heterocycles. The Balaban J connectivity index is 1.42. The summed E-state index contributed by atoms with van der Waals surface area (Å²) in [6.45, 7) is 0.318. The lowest BCUT2D eigenvalue weighted by Crippen LogP contribution is -2.13. The zero-order chi connectivity index (χ0) is 22.1. The number of hydrogen-bond acceptors (Lipinski definition) is 6. The number of halogens is 1. The highest BCUT2D eigenvalue weighted by molar-refractivity contribution is 5.90. The van der Waals surface area contributed by atoms with Crippen LogP contribution in [0.4, 0.5) is 10.1 Å². The lowest BCUT2D eigenvalue weighted by Gasteiger charge is -2.11. The quantitative estimate of drug-likeness (QED) is 0.504. The highest BCUT2D eigenvalue weighted by atomic mass is 19.1. The Kier molecular flexibility index (Phi) is 7.38. The van der Waals surface area contributed by atoms with Gasteiger partial charge in [-0.25, -0.2) is 9.37 Å². The molecule has 1 heterocycles. The van der Waals surface area contributed by atoms with Crippen molar-refractivity contribution in [3.05, 3.63) is 72.2 Å². The van der Waals surface area contributed by atoms with Crippen LogP contribution in [0.15, 0.2) is 60.8 Å². The summed E-state index contributed by atoms with van der Waals surface area (Å²) in [5.41, 5.74) is 1.01. The SMILES string of the molecule is COc1cc(C#N)ccc1OCCCC(=O)Nc1ccc(Oc2ccc(F)cc2)nc1. The average molecular weight is 421 g/mol. The standard InChI is InChI=1S/C23H20FN3O4/c1-29-21-13-16(14-25)4-10-20(21)30-12-2-3-22(28)27-18-7-11-23(26-15-18)31-19-8-5-17(24)6-9-19/h4-11,13,15H,2-3,12H2,1H3,(H,27,28). The van der Waals surface area contributed by atoms with E-state index in [0.29, 0.717) is 47.4 Å². The molecule has 0 radical (unpaired) electrons. The molecule has 0 aliphatic heterocycles. The van der Waals surface area contributed by atoms with E-state index in [2.05, 4.69) is 10.3 Å². The van der Waals surface area contributed by atoms with Gasteiger partial charge in [0.2, 0.25) is 11.8 Å². The van der Waals surface area contributed by atoms with Crippen LogP contribution < -0.4 is 19.5 Å². The molecule has 1 N–H and O–H groups in total. The summed E-state index contributed by atoms with van der Waals surface area (Å²) in [7, 11) is 1.50. The molecule has 158 valence electrons. The third-order valence-electron chi connectivity index (χ3n) is 4.15. The van der Waals surface area contributed by atoms with Gasteiger partial charge in [-0.1, -0.05) is 0 Å². The van der Waals surface area contributed by atoms with Gasteiger partial charge in [0, 0.05) is 18.6 Å². The van der Waals surface area contributed by atoms with Crippen molar-refractivity contribution in [2.75, 3.05) is 19.0 Å². The van der Waals surface area contributed by atoms with E-state index >= 15 is 0 Å². The van der Waals surface area contributed by atoms with Gasteiger partial charge in [-0.15, -0.1) is 0 Å².